The maximum absolute atomic E-state index is 14.3. The van der Waals surface area contributed by atoms with Gasteiger partial charge in [-0.1, -0.05) is 38.1 Å². The predicted octanol–water partition coefficient (Wildman–Crippen LogP) is -6.58. The number of nitrogens with one attached hydrogen (secondary N) is 11. The second-order valence-corrected chi connectivity index (χ2v) is 23.4. The molecule has 38 heteroatoms. The number of imidazole rings is 1. The third-order valence-corrected chi connectivity index (χ3v) is 14.5. The smallest absolute Gasteiger partial charge is 0.394 e. The molecule has 2 heterocycles. The van der Waals surface area contributed by atoms with E-state index in [0.29, 0.717) is 11.1 Å². The summed E-state index contributed by atoms with van der Waals surface area (Å²) in [6, 6.07) is -8.58. The van der Waals surface area contributed by atoms with E-state index in [1.807, 2.05) is 0 Å². The Labute approximate surface area is 533 Å². The Morgan fingerprint density at radius 3 is 1.79 bits per heavy atom. The number of amides is 13. The van der Waals surface area contributed by atoms with Gasteiger partial charge in [0.25, 0.3) is 0 Å². The van der Waals surface area contributed by atoms with E-state index in [-0.39, 0.29) is 101 Å². The van der Waals surface area contributed by atoms with Crippen molar-refractivity contribution in [1.29, 1.82) is 0 Å². The number of phosphoric acid groups is 1. The molecule has 1 fully saturated rings. The summed E-state index contributed by atoms with van der Waals surface area (Å²) in [5.74, 6) is -12.4. The molecule has 13 amide bonds. The number of carbonyl (C=O) groups is 13. The fraction of sp³-hybridized carbons (Fsp3) is 0.574. The number of nitrogens with zero attached hydrogens (tertiary/aromatic N) is 3. The maximum atomic E-state index is 14.3. The normalized spacial score (nSPS) is 15.8. The standard InChI is InChI=1S/C54H84ClN18O18P/c1-27(2)18-36(48(82)67-34(44(57)78)14-15-42(56)76)70-49(83)37(19-31-10-12-32(13-11-31)22-62-43(77)21-55)68-46(80)29(4)65-52(86)41-9-7-17-73(41)53(87)39(24-74)71-51(85)40(25-91-92(88,89)90)72-50(84)38(20-33-23-60-26-63-33)69-45(79)28(3)64-47(81)35(66-30(5)75)8-6-16-61-54(58)59/h10-13,23,26-29,34-41,74H,6-9,14-22,24-25H2,1-5H3,(H2,56,76)(H2,57,78)(H,60,63)(H,62,77)(H,64,81)(H,65,86)(H,66,75)(H,67,82)(H,68,80)(H,69,79)(H,70,83)(H,71,85)(H,72,84)(H4,58,59,61)(H2,88,89,90)/t28-,29-,34-,35-,36-,37?,38-,39-,40?,41-/m0/s1. The number of benzene rings is 1. The number of aliphatic imine (C=N–C) groups is 1. The van der Waals surface area contributed by atoms with E-state index >= 15 is 0 Å². The molecule has 0 aliphatic carbocycles. The first-order chi connectivity index (χ1) is 43.2. The highest BCUT2D eigenvalue weighted by Gasteiger charge is 2.41. The minimum atomic E-state index is -5.40. The number of rotatable bonds is 39. The molecule has 1 aliphatic rings. The Kier molecular flexibility index (Phi) is 32.1. The van der Waals surface area contributed by atoms with Gasteiger partial charge in [0, 0.05) is 57.7 Å². The number of halogens is 1. The molecule has 1 aliphatic heterocycles. The van der Waals surface area contributed by atoms with Crippen molar-refractivity contribution in [2.45, 2.75) is 159 Å². The van der Waals surface area contributed by atoms with Crippen LogP contribution in [-0.2, 0) is 90.8 Å². The monoisotopic (exact) mass is 1340 g/mol. The summed E-state index contributed by atoms with van der Waals surface area (Å²) in [7, 11) is -5.40. The highest BCUT2D eigenvalue weighted by molar-refractivity contribution is 7.46. The molecule has 2 aromatic rings. The van der Waals surface area contributed by atoms with E-state index < -0.39 is 158 Å². The first-order valence-corrected chi connectivity index (χ1v) is 31.1. The van der Waals surface area contributed by atoms with Gasteiger partial charge in [-0.05, 0) is 69.4 Å². The minimum Gasteiger partial charge on any atom is -0.394 e. The van der Waals surface area contributed by atoms with Crippen LogP contribution in [0.2, 0.25) is 0 Å². The Morgan fingerprint density at radius 1 is 0.707 bits per heavy atom. The Hall–Kier alpha value is -8.83. The van der Waals surface area contributed by atoms with Gasteiger partial charge in [-0.25, -0.2) is 9.55 Å². The van der Waals surface area contributed by atoms with Crippen LogP contribution >= 0.6 is 19.4 Å². The lowest BCUT2D eigenvalue weighted by Crippen LogP contribution is -2.61. The maximum Gasteiger partial charge on any atom is 0.469 e. The molecule has 0 saturated carbocycles. The summed E-state index contributed by atoms with van der Waals surface area (Å²) in [5.41, 5.74) is 22.8. The number of aromatic nitrogens is 2. The zero-order valence-electron chi connectivity index (χ0n) is 51.4. The number of carbonyl (C=O) groups excluding carboxylic acids is 13. The van der Waals surface area contributed by atoms with E-state index in [1.54, 1.807) is 38.1 Å². The number of aromatic amines is 1. The second kappa shape index (κ2) is 38.1. The number of primary amides is 2. The number of likely N-dealkylation sites (tertiary alicyclic amines) is 1. The van der Waals surface area contributed by atoms with Gasteiger partial charge >= 0.3 is 7.82 Å². The summed E-state index contributed by atoms with van der Waals surface area (Å²) < 4.78 is 16.5. The molecular weight excluding hydrogens is 1260 g/mol. The lowest BCUT2D eigenvalue weighted by atomic mass is 9.99. The van der Waals surface area contributed by atoms with Crippen molar-refractivity contribution in [1.82, 2.24) is 68.0 Å². The molecular formula is C54H84ClN18O18P. The lowest BCUT2D eigenvalue weighted by molar-refractivity contribution is -0.143. The fourth-order valence-corrected chi connectivity index (χ4v) is 9.52. The number of aliphatic hydroxyl groups is 1. The van der Waals surface area contributed by atoms with Gasteiger partial charge in [0.2, 0.25) is 76.8 Å². The van der Waals surface area contributed by atoms with Crippen LogP contribution in [0.5, 0.6) is 0 Å². The van der Waals surface area contributed by atoms with Crippen molar-refractivity contribution in [3.05, 3.63) is 53.6 Å². The molecule has 36 nitrogen and oxygen atoms in total. The number of H-pyrrole nitrogens is 1. The molecule has 22 N–H and O–H groups in total. The molecule has 10 atom stereocenters. The molecule has 92 heavy (non-hydrogen) atoms. The van der Waals surface area contributed by atoms with Crippen molar-refractivity contribution in [2.24, 2.45) is 33.8 Å². The van der Waals surface area contributed by atoms with Crippen molar-refractivity contribution in [3.8, 4) is 0 Å². The SMILES string of the molecule is CC(=O)N[C@@H](CCCN=C(N)N)C(=O)N[C@@H](C)C(=O)N[C@@H](Cc1cnc[nH]1)C(=O)NC(COP(=O)(O)O)C(=O)N[C@@H](CO)C(=O)N1CCC[C@H]1C(=O)N[C@@H](C)C(=O)NC(Cc1ccc(CNC(=O)CCl)cc1)C(=O)N[C@@H](CC(C)C)C(=O)N[C@@H](CCC(N)=O)C(N)=O. The average Bonchev–Trinajstić information content (AvgIpc) is 1.59. The van der Waals surface area contributed by atoms with Gasteiger partial charge < -0.3 is 101 Å². The summed E-state index contributed by atoms with van der Waals surface area (Å²) >= 11 is 5.59. The Morgan fingerprint density at radius 2 is 1.25 bits per heavy atom. The molecule has 3 rings (SSSR count). The van der Waals surface area contributed by atoms with Crippen LogP contribution < -0.4 is 76.1 Å². The topological polar surface area (TPSA) is 578 Å². The third-order valence-electron chi connectivity index (χ3n) is 13.8. The van der Waals surface area contributed by atoms with Gasteiger partial charge in [-0.15, -0.1) is 11.6 Å². The van der Waals surface area contributed by atoms with Crippen molar-refractivity contribution < 1.29 is 86.3 Å². The van der Waals surface area contributed by atoms with Crippen LogP contribution in [0.1, 0.15) is 96.4 Å². The Bertz CT molecular complexity index is 2990. The minimum absolute atomic E-state index is 0.00976. The predicted molar refractivity (Wildman–Crippen MR) is 326 cm³/mol. The van der Waals surface area contributed by atoms with Crippen LogP contribution in [-0.4, -0.2) is 205 Å². The summed E-state index contributed by atoms with van der Waals surface area (Å²) in [5, 5.41) is 35.0. The van der Waals surface area contributed by atoms with E-state index in [0.717, 1.165) is 4.90 Å². The molecule has 0 radical (unpaired) electrons. The van der Waals surface area contributed by atoms with Gasteiger partial charge in [0.05, 0.1) is 19.5 Å². The zero-order chi connectivity index (χ0) is 69.0. The van der Waals surface area contributed by atoms with E-state index in [1.165, 1.54) is 33.3 Å². The van der Waals surface area contributed by atoms with Crippen LogP contribution in [0.25, 0.3) is 0 Å². The number of phosphoric ester groups is 1. The van der Waals surface area contributed by atoms with Gasteiger partial charge in [0.15, 0.2) is 5.96 Å². The number of alkyl halides is 1. The van der Waals surface area contributed by atoms with Crippen LogP contribution in [0.15, 0.2) is 41.8 Å². The highest BCUT2D eigenvalue weighted by Crippen LogP contribution is 2.35. The van der Waals surface area contributed by atoms with Crippen LogP contribution in [0, 0.1) is 5.92 Å². The van der Waals surface area contributed by atoms with Gasteiger partial charge in [-0.2, -0.15) is 0 Å². The lowest BCUT2D eigenvalue weighted by Gasteiger charge is -2.30. The zero-order valence-corrected chi connectivity index (χ0v) is 53.0. The van der Waals surface area contributed by atoms with E-state index in [4.69, 9.17) is 34.5 Å². The molecule has 0 spiro atoms. The van der Waals surface area contributed by atoms with Crippen molar-refractivity contribution in [3.63, 3.8) is 0 Å². The number of hydrogen-bond acceptors (Lipinski definition) is 18. The molecule has 1 saturated heterocycles. The van der Waals surface area contributed by atoms with Crippen LogP contribution in [0.3, 0.4) is 0 Å². The molecule has 1 aromatic carbocycles. The highest BCUT2D eigenvalue weighted by atomic mass is 35.5. The van der Waals surface area contributed by atoms with E-state index in [9.17, 15) is 81.8 Å². The van der Waals surface area contributed by atoms with Gasteiger partial charge in [0.1, 0.15) is 66.3 Å². The van der Waals surface area contributed by atoms with E-state index in [2.05, 4.69) is 72.7 Å². The summed E-state index contributed by atoms with van der Waals surface area (Å²) in [6.45, 7) is 4.86. The molecule has 2 unspecified atom stereocenters. The number of hydrogen-bond donors (Lipinski definition) is 18. The summed E-state index contributed by atoms with van der Waals surface area (Å²) in [6.07, 6.45) is 1.90. The van der Waals surface area contributed by atoms with Crippen molar-refractivity contribution in [2.75, 3.05) is 32.2 Å². The number of nitrogens with two attached hydrogens (primary N) is 4. The largest absolute Gasteiger partial charge is 0.469 e. The Balaban J connectivity index is 1.84. The average molecular weight is 1340 g/mol. The third kappa shape index (κ3) is 27.7. The van der Waals surface area contributed by atoms with Crippen LogP contribution in [0.4, 0.5) is 0 Å². The fourth-order valence-electron chi connectivity index (χ4n) is 9.08. The molecule has 510 valence electrons. The summed E-state index contributed by atoms with van der Waals surface area (Å²) in [4.78, 5) is 203. The quantitative estimate of drug-likeness (QED) is 0.00973. The van der Waals surface area contributed by atoms with Crippen molar-refractivity contribution >= 4 is 102 Å². The molecule has 1 aromatic heterocycles. The number of aliphatic hydroxyl groups excluding tert-OH is 1. The number of guanidine groups is 1. The van der Waals surface area contributed by atoms with Gasteiger partial charge in [-0.3, -0.25) is 71.8 Å². The first-order valence-electron chi connectivity index (χ1n) is 29.0. The first kappa shape index (κ1) is 77.4. The molecule has 0 bridgehead atoms. The second-order valence-electron chi connectivity index (χ2n) is 21.9.